The number of benzene rings is 2. The number of rotatable bonds is 5. The van der Waals surface area contributed by atoms with Crippen LogP contribution in [0.3, 0.4) is 0 Å². The highest BCUT2D eigenvalue weighted by Gasteiger charge is 2.26. The minimum absolute atomic E-state index is 0.0448. The van der Waals surface area contributed by atoms with E-state index in [1.165, 1.54) is 11.3 Å². The summed E-state index contributed by atoms with van der Waals surface area (Å²) >= 11 is 1.18. The summed E-state index contributed by atoms with van der Waals surface area (Å²) in [5, 5.41) is 5.87. The Morgan fingerprint density at radius 2 is 1.53 bits per heavy atom. The van der Waals surface area contributed by atoms with Crippen molar-refractivity contribution in [1.82, 2.24) is 9.88 Å². The number of carbonyl (C=O) groups excluding carboxylic acids is 3. The zero-order valence-corrected chi connectivity index (χ0v) is 20.2. The standard InChI is InChI=1S/C25H27N5O3S/c1-16-4-8-20(9-5-16)27-24(33)28-25-26-17(2)22(34-25)23(32)30-14-12-29(13-15-30)21-10-6-19(7-11-21)18(3)31/h4-11H,12-15H2,1-3H3,(H2,26,27,28,33). The van der Waals surface area contributed by atoms with Crippen molar-refractivity contribution in [3.05, 3.63) is 70.2 Å². The van der Waals surface area contributed by atoms with Crippen molar-refractivity contribution < 1.29 is 14.4 Å². The summed E-state index contributed by atoms with van der Waals surface area (Å²) in [7, 11) is 0. The minimum Gasteiger partial charge on any atom is -0.368 e. The van der Waals surface area contributed by atoms with Crippen molar-refractivity contribution in [3.63, 3.8) is 0 Å². The smallest absolute Gasteiger partial charge is 0.325 e. The first-order chi connectivity index (χ1) is 16.3. The number of carbonyl (C=O) groups is 3. The molecule has 0 radical (unpaired) electrons. The van der Waals surface area contributed by atoms with Crippen molar-refractivity contribution in [1.29, 1.82) is 0 Å². The highest BCUT2D eigenvalue weighted by molar-refractivity contribution is 7.17. The Labute approximate surface area is 202 Å². The molecule has 176 valence electrons. The maximum absolute atomic E-state index is 13.1. The van der Waals surface area contributed by atoms with Gasteiger partial charge in [0.25, 0.3) is 5.91 Å². The fourth-order valence-electron chi connectivity index (χ4n) is 3.76. The molecule has 9 heteroatoms. The Bertz CT molecular complexity index is 1200. The third-order valence-corrected chi connectivity index (χ3v) is 6.79. The number of hydrogen-bond acceptors (Lipinski definition) is 6. The zero-order valence-electron chi connectivity index (χ0n) is 19.4. The highest BCUT2D eigenvalue weighted by atomic mass is 32.1. The number of nitrogens with zero attached hydrogens (tertiary/aromatic N) is 3. The molecule has 0 spiro atoms. The summed E-state index contributed by atoms with van der Waals surface area (Å²) in [6.45, 7) is 7.88. The van der Waals surface area contributed by atoms with Crippen LogP contribution in [-0.2, 0) is 0 Å². The molecule has 3 aromatic rings. The van der Waals surface area contributed by atoms with Crippen LogP contribution >= 0.6 is 11.3 Å². The fraction of sp³-hybridized carbons (Fsp3) is 0.280. The van der Waals surface area contributed by atoms with Gasteiger partial charge < -0.3 is 15.1 Å². The van der Waals surface area contributed by atoms with Gasteiger partial charge in [-0.25, -0.2) is 9.78 Å². The molecule has 3 amide bonds. The quantitative estimate of drug-likeness (QED) is 0.525. The molecule has 0 bridgehead atoms. The van der Waals surface area contributed by atoms with Crippen LogP contribution in [0.5, 0.6) is 0 Å². The van der Waals surface area contributed by atoms with E-state index in [1.807, 2.05) is 60.4 Å². The largest absolute Gasteiger partial charge is 0.368 e. The summed E-state index contributed by atoms with van der Waals surface area (Å²) < 4.78 is 0. The number of thiazole rings is 1. The Morgan fingerprint density at radius 3 is 2.15 bits per heavy atom. The van der Waals surface area contributed by atoms with E-state index < -0.39 is 6.03 Å². The number of Topliss-reactive ketones (excluding diaryl/α,β-unsaturated/α-hetero) is 1. The average molecular weight is 478 g/mol. The lowest BCUT2D eigenvalue weighted by Crippen LogP contribution is -2.48. The molecule has 1 aliphatic heterocycles. The summed E-state index contributed by atoms with van der Waals surface area (Å²) in [6.07, 6.45) is 0. The van der Waals surface area contributed by atoms with E-state index in [0.717, 1.165) is 11.3 Å². The SMILES string of the molecule is CC(=O)c1ccc(N2CCN(C(=O)c3sc(NC(=O)Nc4ccc(C)cc4)nc3C)CC2)cc1. The molecule has 1 saturated heterocycles. The van der Waals surface area contributed by atoms with Crippen LogP contribution < -0.4 is 15.5 Å². The van der Waals surface area contributed by atoms with Gasteiger partial charge in [0.05, 0.1) is 5.69 Å². The molecular weight excluding hydrogens is 450 g/mol. The summed E-state index contributed by atoms with van der Waals surface area (Å²) in [5.41, 5.74) is 4.12. The van der Waals surface area contributed by atoms with Crippen molar-refractivity contribution in [2.24, 2.45) is 0 Å². The topological polar surface area (TPSA) is 94.6 Å². The number of anilines is 3. The molecule has 4 rings (SSSR count). The van der Waals surface area contributed by atoms with Crippen molar-refractivity contribution >= 4 is 45.6 Å². The molecule has 0 unspecified atom stereocenters. The van der Waals surface area contributed by atoms with Gasteiger partial charge in [0.1, 0.15) is 4.88 Å². The van der Waals surface area contributed by atoms with Gasteiger partial charge in [-0.1, -0.05) is 29.0 Å². The summed E-state index contributed by atoms with van der Waals surface area (Å²) in [6, 6.07) is 14.6. The van der Waals surface area contributed by atoms with Crippen LogP contribution in [0.2, 0.25) is 0 Å². The van der Waals surface area contributed by atoms with E-state index in [-0.39, 0.29) is 11.7 Å². The van der Waals surface area contributed by atoms with E-state index in [1.54, 1.807) is 13.8 Å². The number of urea groups is 1. The van der Waals surface area contributed by atoms with Crippen molar-refractivity contribution in [3.8, 4) is 0 Å². The third kappa shape index (κ3) is 5.43. The second kappa shape index (κ2) is 10.0. The summed E-state index contributed by atoms with van der Waals surface area (Å²) in [4.78, 5) is 45.8. The normalized spacial score (nSPS) is 13.5. The number of aryl methyl sites for hydroxylation is 2. The molecule has 2 N–H and O–H groups in total. The molecule has 2 aromatic carbocycles. The summed E-state index contributed by atoms with van der Waals surface area (Å²) in [5.74, 6) is -0.0306. The maximum Gasteiger partial charge on any atom is 0.325 e. The number of piperazine rings is 1. The second-order valence-electron chi connectivity index (χ2n) is 8.26. The maximum atomic E-state index is 13.1. The predicted octanol–water partition coefficient (Wildman–Crippen LogP) is 4.57. The second-order valence-corrected chi connectivity index (χ2v) is 9.26. The molecule has 2 heterocycles. The molecule has 1 aromatic heterocycles. The number of amides is 3. The van der Waals surface area contributed by atoms with E-state index in [4.69, 9.17) is 0 Å². The van der Waals surface area contributed by atoms with E-state index in [0.29, 0.717) is 53.1 Å². The van der Waals surface area contributed by atoms with E-state index in [2.05, 4.69) is 20.5 Å². The third-order valence-electron chi connectivity index (χ3n) is 5.73. The molecule has 34 heavy (non-hydrogen) atoms. The Morgan fingerprint density at radius 1 is 0.882 bits per heavy atom. The lowest BCUT2D eigenvalue weighted by Gasteiger charge is -2.36. The molecule has 1 fully saturated rings. The lowest BCUT2D eigenvalue weighted by atomic mass is 10.1. The van der Waals surface area contributed by atoms with Gasteiger partial charge in [-0.15, -0.1) is 0 Å². The van der Waals surface area contributed by atoms with Gasteiger partial charge in [0.15, 0.2) is 10.9 Å². The first kappa shape index (κ1) is 23.4. The average Bonchev–Trinajstić information content (AvgIpc) is 3.19. The van der Waals surface area contributed by atoms with Crippen LogP contribution in [0.1, 0.15) is 38.2 Å². The molecule has 0 aliphatic carbocycles. The molecule has 8 nitrogen and oxygen atoms in total. The predicted molar refractivity (Wildman–Crippen MR) is 135 cm³/mol. The number of hydrogen-bond donors (Lipinski definition) is 2. The van der Waals surface area contributed by atoms with Gasteiger partial charge in [-0.2, -0.15) is 0 Å². The number of ketones is 1. The monoisotopic (exact) mass is 477 g/mol. The highest BCUT2D eigenvalue weighted by Crippen LogP contribution is 2.26. The van der Waals surface area contributed by atoms with Crippen LogP contribution in [0.25, 0.3) is 0 Å². The van der Waals surface area contributed by atoms with Gasteiger partial charge >= 0.3 is 6.03 Å². The van der Waals surface area contributed by atoms with E-state index in [9.17, 15) is 14.4 Å². The van der Waals surface area contributed by atoms with Crippen LogP contribution in [0, 0.1) is 13.8 Å². The number of nitrogens with one attached hydrogen (secondary N) is 2. The Balaban J connectivity index is 1.34. The first-order valence-corrected chi connectivity index (χ1v) is 11.9. The van der Waals surface area contributed by atoms with E-state index >= 15 is 0 Å². The molecule has 1 aliphatic rings. The molecule has 0 atom stereocenters. The fourth-order valence-corrected chi connectivity index (χ4v) is 4.69. The van der Waals surface area contributed by atoms with Crippen LogP contribution in [0.4, 0.5) is 21.3 Å². The van der Waals surface area contributed by atoms with Crippen molar-refractivity contribution in [2.45, 2.75) is 20.8 Å². The van der Waals surface area contributed by atoms with Crippen LogP contribution in [0.15, 0.2) is 48.5 Å². The number of aromatic nitrogens is 1. The zero-order chi connectivity index (χ0) is 24.2. The Kier molecular flexibility index (Phi) is 6.93. The van der Waals surface area contributed by atoms with Crippen molar-refractivity contribution in [2.75, 3.05) is 41.7 Å². The molecule has 0 saturated carbocycles. The Hall–Kier alpha value is -3.72. The molecular formula is C25H27N5O3S. The minimum atomic E-state index is -0.402. The van der Waals surface area contributed by atoms with Gasteiger partial charge in [-0.3, -0.25) is 14.9 Å². The van der Waals surface area contributed by atoms with Gasteiger partial charge in [0, 0.05) is 43.1 Å². The lowest BCUT2D eigenvalue weighted by molar-refractivity contribution is 0.0750. The van der Waals surface area contributed by atoms with Crippen LogP contribution in [-0.4, -0.2) is 53.8 Å². The first-order valence-electron chi connectivity index (χ1n) is 11.1. The van der Waals surface area contributed by atoms with Gasteiger partial charge in [0.2, 0.25) is 0 Å². The van der Waals surface area contributed by atoms with Gasteiger partial charge in [-0.05, 0) is 57.2 Å².